The molecule has 116 valence electrons. The average Bonchev–Trinajstić information content (AvgIpc) is 2.44. The first-order chi connectivity index (χ1) is 10.0. The first-order valence-corrected chi connectivity index (χ1v) is 8.82. The average molecular weight is 286 g/mol. The number of benzene rings is 1. The minimum Gasteiger partial charge on any atom is -0.508 e. The van der Waals surface area contributed by atoms with Crippen molar-refractivity contribution in [2.45, 2.75) is 71.6 Å². The summed E-state index contributed by atoms with van der Waals surface area (Å²) in [5.74, 6) is 2.86. The summed E-state index contributed by atoms with van der Waals surface area (Å²) in [4.78, 5) is 0. The van der Waals surface area contributed by atoms with Gasteiger partial charge in [0, 0.05) is 0 Å². The van der Waals surface area contributed by atoms with Crippen molar-refractivity contribution in [2.75, 3.05) is 0 Å². The number of phenols is 1. The van der Waals surface area contributed by atoms with E-state index < -0.39 is 0 Å². The maximum atomic E-state index is 9.75. The molecule has 1 fully saturated rings. The molecule has 0 spiro atoms. The lowest BCUT2D eigenvalue weighted by molar-refractivity contribution is 0.0557. The van der Waals surface area contributed by atoms with Gasteiger partial charge in [0.25, 0.3) is 0 Å². The summed E-state index contributed by atoms with van der Waals surface area (Å²) < 4.78 is 0. The fourth-order valence-electron chi connectivity index (χ4n) is 4.96. The van der Waals surface area contributed by atoms with E-state index in [2.05, 4.69) is 26.8 Å². The third-order valence-electron chi connectivity index (χ3n) is 6.30. The van der Waals surface area contributed by atoms with Crippen molar-refractivity contribution in [2.24, 2.45) is 17.3 Å². The Bertz CT molecular complexity index is 505. The molecule has 0 saturated heterocycles. The summed E-state index contributed by atoms with van der Waals surface area (Å²) in [5, 5.41) is 9.75. The number of aromatic hydroxyl groups is 1. The molecule has 1 aromatic carbocycles. The van der Waals surface area contributed by atoms with Crippen molar-refractivity contribution in [3.63, 3.8) is 0 Å². The molecule has 0 bridgehead atoms. The zero-order valence-corrected chi connectivity index (χ0v) is 13.9. The zero-order chi connectivity index (χ0) is 15.0. The summed E-state index contributed by atoms with van der Waals surface area (Å²) in [6.07, 6.45) is 9.36. The highest BCUT2D eigenvalue weighted by molar-refractivity contribution is 5.40. The van der Waals surface area contributed by atoms with Gasteiger partial charge in [0.15, 0.2) is 0 Å². The van der Waals surface area contributed by atoms with Crippen LogP contribution in [0.2, 0.25) is 0 Å². The molecule has 1 aromatic rings. The Hall–Kier alpha value is -0.980. The van der Waals surface area contributed by atoms with Crippen molar-refractivity contribution in [3.05, 3.63) is 29.3 Å². The van der Waals surface area contributed by atoms with Gasteiger partial charge in [-0.1, -0.05) is 39.7 Å². The zero-order valence-electron chi connectivity index (χ0n) is 13.9. The van der Waals surface area contributed by atoms with Crippen molar-refractivity contribution >= 4 is 0 Å². The molecule has 0 amide bonds. The standard InChI is InChI=1S/C20H30O/c1-14(2)7-8-16-5-4-6-19-18-10-9-17(21)13-15(18)11-12-20(16,19)3/h9-10,13-14,16,19,21H,4-8,11-12H2,1-3H3/t16-,19-,20+/m1/s1. The van der Waals surface area contributed by atoms with Crippen LogP contribution in [0.5, 0.6) is 5.75 Å². The minimum absolute atomic E-state index is 0.435. The largest absolute Gasteiger partial charge is 0.508 e. The van der Waals surface area contributed by atoms with Crippen LogP contribution in [0.15, 0.2) is 18.2 Å². The number of aryl methyl sites for hydroxylation is 1. The van der Waals surface area contributed by atoms with Crippen LogP contribution in [-0.4, -0.2) is 5.11 Å². The van der Waals surface area contributed by atoms with Crippen LogP contribution in [0.4, 0.5) is 0 Å². The summed E-state index contributed by atoms with van der Waals surface area (Å²) >= 11 is 0. The molecule has 21 heavy (non-hydrogen) atoms. The second kappa shape index (κ2) is 5.66. The topological polar surface area (TPSA) is 20.2 Å². The second-order valence-corrected chi connectivity index (χ2v) is 8.04. The van der Waals surface area contributed by atoms with Crippen molar-refractivity contribution < 1.29 is 5.11 Å². The van der Waals surface area contributed by atoms with E-state index in [0.717, 1.165) is 18.3 Å². The maximum absolute atomic E-state index is 9.75. The first-order valence-electron chi connectivity index (χ1n) is 8.82. The van der Waals surface area contributed by atoms with Crippen molar-refractivity contribution in [1.82, 2.24) is 0 Å². The fourth-order valence-corrected chi connectivity index (χ4v) is 4.96. The third-order valence-corrected chi connectivity index (χ3v) is 6.30. The van der Waals surface area contributed by atoms with Gasteiger partial charge in [0.2, 0.25) is 0 Å². The Labute approximate surface area is 129 Å². The van der Waals surface area contributed by atoms with Gasteiger partial charge in [-0.15, -0.1) is 0 Å². The molecule has 1 N–H and O–H groups in total. The first kappa shape index (κ1) is 14.9. The smallest absolute Gasteiger partial charge is 0.115 e. The highest BCUT2D eigenvalue weighted by Gasteiger charge is 2.46. The predicted octanol–water partition coefficient (Wildman–Crippen LogP) is 5.66. The summed E-state index contributed by atoms with van der Waals surface area (Å²) in [5.41, 5.74) is 3.43. The molecule has 1 saturated carbocycles. The van der Waals surface area contributed by atoms with E-state index in [1.165, 1.54) is 49.7 Å². The van der Waals surface area contributed by atoms with Gasteiger partial charge in [-0.3, -0.25) is 0 Å². The Balaban J connectivity index is 1.87. The number of rotatable bonds is 3. The summed E-state index contributed by atoms with van der Waals surface area (Å²) in [6, 6.07) is 6.10. The molecule has 0 aliphatic heterocycles. The molecular weight excluding hydrogens is 256 g/mol. The highest BCUT2D eigenvalue weighted by Crippen LogP contribution is 2.57. The van der Waals surface area contributed by atoms with Crippen LogP contribution >= 0.6 is 0 Å². The number of fused-ring (bicyclic) bond motifs is 3. The molecule has 0 unspecified atom stereocenters. The molecule has 3 atom stereocenters. The monoisotopic (exact) mass is 286 g/mol. The lowest BCUT2D eigenvalue weighted by atomic mass is 9.53. The predicted molar refractivity (Wildman–Crippen MR) is 88.7 cm³/mol. The molecular formula is C20H30O. The van der Waals surface area contributed by atoms with Gasteiger partial charge in [-0.2, -0.15) is 0 Å². The van der Waals surface area contributed by atoms with Gasteiger partial charge < -0.3 is 5.11 Å². The Kier molecular flexibility index (Phi) is 4.03. The second-order valence-electron chi connectivity index (χ2n) is 8.04. The van der Waals surface area contributed by atoms with E-state index in [-0.39, 0.29) is 0 Å². The lowest BCUT2D eigenvalue weighted by Gasteiger charge is -2.51. The maximum Gasteiger partial charge on any atom is 0.115 e. The molecule has 0 radical (unpaired) electrons. The van der Waals surface area contributed by atoms with E-state index in [0.29, 0.717) is 17.1 Å². The molecule has 0 heterocycles. The van der Waals surface area contributed by atoms with Gasteiger partial charge in [0.1, 0.15) is 5.75 Å². The van der Waals surface area contributed by atoms with Crippen LogP contribution in [-0.2, 0) is 6.42 Å². The van der Waals surface area contributed by atoms with Crippen molar-refractivity contribution in [1.29, 1.82) is 0 Å². The number of hydrogen-bond acceptors (Lipinski definition) is 1. The molecule has 2 aliphatic rings. The van der Waals surface area contributed by atoms with E-state index in [1.807, 2.05) is 12.1 Å². The van der Waals surface area contributed by atoms with E-state index in [1.54, 1.807) is 0 Å². The Morgan fingerprint density at radius 2 is 2.10 bits per heavy atom. The summed E-state index contributed by atoms with van der Waals surface area (Å²) in [7, 11) is 0. The number of hydrogen-bond donors (Lipinski definition) is 1. The summed E-state index contributed by atoms with van der Waals surface area (Å²) in [6.45, 7) is 7.25. The quantitative estimate of drug-likeness (QED) is 0.759. The van der Waals surface area contributed by atoms with Crippen LogP contribution in [0.25, 0.3) is 0 Å². The van der Waals surface area contributed by atoms with Gasteiger partial charge in [-0.05, 0) is 78.5 Å². The fraction of sp³-hybridized carbons (Fsp3) is 0.700. The van der Waals surface area contributed by atoms with E-state index in [4.69, 9.17) is 0 Å². The van der Waals surface area contributed by atoms with Crippen LogP contribution in [0.1, 0.15) is 76.3 Å². The molecule has 0 aromatic heterocycles. The third kappa shape index (κ3) is 2.72. The molecule has 3 rings (SSSR count). The highest BCUT2D eigenvalue weighted by atomic mass is 16.3. The molecule has 2 aliphatic carbocycles. The number of phenolic OH excluding ortho intramolecular Hbond substituents is 1. The lowest BCUT2D eigenvalue weighted by Crippen LogP contribution is -2.41. The van der Waals surface area contributed by atoms with Gasteiger partial charge in [-0.25, -0.2) is 0 Å². The Morgan fingerprint density at radius 1 is 1.29 bits per heavy atom. The van der Waals surface area contributed by atoms with Crippen LogP contribution < -0.4 is 0 Å². The molecule has 1 heteroatoms. The van der Waals surface area contributed by atoms with Crippen molar-refractivity contribution in [3.8, 4) is 5.75 Å². The SMILES string of the molecule is CC(C)CC[C@H]1CCC[C@@H]2c3ccc(O)cc3CC[C@@]12C. The van der Waals surface area contributed by atoms with E-state index >= 15 is 0 Å². The minimum atomic E-state index is 0.435. The van der Waals surface area contributed by atoms with Crippen LogP contribution in [0.3, 0.4) is 0 Å². The normalized spacial score (nSPS) is 31.8. The van der Waals surface area contributed by atoms with Crippen LogP contribution in [0, 0.1) is 17.3 Å². The van der Waals surface area contributed by atoms with Gasteiger partial charge in [0.05, 0.1) is 0 Å². The molecule has 1 nitrogen and oxygen atoms in total. The Morgan fingerprint density at radius 3 is 2.86 bits per heavy atom. The van der Waals surface area contributed by atoms with Gasteiger partial charge >= 0.3 is 0 Å². The van der Waals surface area contributed by atoms with E-state index in [9.17, 15) is 5.11 Å².